The summed E-state index contributed by atoms with van der Waals surface area (Å²) in [5.41, 5.74) is -0.395. The van der Waals surface area contributed by atoms with Crippen molar-refractivity contribution in [3.63, 3.8) is 0 Å². The molecule has 0 aromatic heterocycles. The van der Waals surface area contributed by atoms with Gasteiger partial charge in [-0.15, -0.1) is 0 Å². The van der Waals surface area contributed by atoms with Crippen LogP contribution in [0.25, 0.3) is 0 Å². The van der Waals surface area contributed by atoms with E-state index in [9.17, 15) is 5.11 Å². The van der Waals surface area contributed by atoms with E-state index in [0.717, 1.165) is 23.9 Å². The van der Waals surface area contributed by atoms with Crippen molar-refractivity contribution < 1.29 is 9.84 Å². The first-order valence-corrected chi connectivity index (χ1v) is 6.10. The first kappa shape index (κ1) is 10.2. The van der Waals surface area contributed by atoms with E-state index < -0.39 is 11.7 Å². The summed E-state index contributed by atoms with van der Waals surface area (Å²) in [6, 6.07) is -0.308. The lowest BCUT2D eigenvalue weighted by atomic mass is 9.82. The normalized spacial score (nSPS) is 50.5. The molecule has 2 N–H and O–H groups in total. The van der Waals surface area contributed by atoms with Gasteiger partial charge in [0.2, 0.25) is 0 Å². The molecular weight excluding hydrogens is 280 g/mol. The van der Waals surface area contributed by atoms with E-state index in [-0.39, 0.29) is 11.9 Å². The molecule has 0 spiro atoms. The molecule has 0 amide bonds. The molecule has 2 heterocycles. The Bertz CT molecular complexity index is 207. The van der Waals surface area contributed by atoms with Gasteiger partial charge in [-0.2, -0.15) is 0 Å². The van der Waals surface area contributed by atoms with Crippen LogP contribution in [0.4, 0.5) is 0 Å². The van der Waals surface area contributed by atoms with Crippen LogP contribution in [0.2, 0.25) is 0 Å². The van der Waals surface area contributed by atoms with Gasteiger partial charge >= 0.3 is 0 Å². The number of halogens is 1. The number of aliphatic hydroxyl groups excluding tert-OH is 1. The second-order valence-electron chi connectivity index (χ2n) is 3.84. The zero-order valence-corrected chi connectivity index (χ0v) is 9.53. The molecule has 13 heavy (non-hydrogen) atoms. The maximum Gasteiger partial charge on any atom is 0.109 e. The van der Waals surface area contributed by atoms with Crippen LogP contribution in [0.3, 0.4) is 0 Å². The lowest BCUT2D eigenvalue weighted by molar-refractivity contribution is -0.0501. The fourth-order valence-electron chi connectivity index (χ4n) is 2.18. The Morgan fingerprint density at radius 3 is 3.15 bits per heavy atom. The van der Waals surface area contributed by atoms with Gasteiger partial charge in [-0.3, -0.25) is 0 Å². The number of hydrogen-bond acceptors (Lipinski definition) is 3. The van der Waals surface area contributed by atoms with Gasteiger partial charge < -0.3 is 15.2 Å². The highest BCUT2D eigenvalue weighted by Gasteiger charge is 2.52. The van der Waals surface area contributed by atoms with Crippen molar-refractivity contribution in [1.82, 2.24) is 5.32 Å². The van der Waals surface area contributed by atoms with E-state index in [1.165, 1.54) is 0 Å². The number of aliphatic hydroxyl groups is 1. The quantitative estimate of drug-likeness (QED) is 0.395. The van der Waals surface area contributed by atoms with Crippen molar-refractivity contribution in [2.24, 2.45) is 5.92 Å². The summed E-state index contributed by atoms with van der Waals surface area (Å²) in [6.45, 7) is 1.67. The number of rotatable bonds is 1. The van der Waals surface area contributed by atoms with E-state index >= 15 is 0 Å². The summed E-state index contributed by atoms with van der Waals surface area (Å²) in [6.07, 6.45) is 0.441. The van der Waals surface area contributed by atoms with E-state index in [0.29, 0.717) is 0 Å². The molecule has 4 atom stereocenters. The Kier molecular flexibility index (Phi) is 2.89. The molecule has 2 saturated heterocycles. The van der Waals surface area contributed by atoms with Crippen LogP contribution in [0, 0.1) is 5.92 Å². The third kappa shape index (κ3) is 1.54. The van der Waals surface area contributed by atoms with Crippen LogP contribution in [0.1, 0.15) is 6.42 Å². The number of nitrogens with one attached hydrogen (secondary N) is 1. The van der Waals surface area contributed by atoms with E-state index in [2.05, 4.69) is 27.9 Å². The summed E-state index contributed by atoms with van der Waals surface area (Å²) in [4.78, 5) is 0. The first-order chi connectivity index (χ1) is 6.19. The summed E-state index contributed by atoms with van der Waals surface area (Å²) >= 11 is 2.26. The highest BCUT2D eigenvalue weighted by molar-refractivity contribution is 14.1. The molecule has 5 heteroatoms. The van der Waals surface area contributed by atoms with Crippen molar-refractivity contribution in [3.05, 3.63) is 0 Å². The van der Waals surface area contributed by atoms with Gasteiger partial charge in [0, 0.05) is 22.9 Å². The molecule has 2 rings (SSSR count). The van der Waals surface area contributed by atoms with Gasteiger partial charge in [0.05, 0.1) is 6.10 Å². The monoisotopic (exact) mass is 293 g/mol. The van der Waals surface area contributed by atoms with Crippen LogP contribution in [0.5, 0.6) is 0 Å². The molecule has 3 nitrogen and oxygen atoms in total. The van der Waals surface area contributed by atoms with Crippen molar-refractivity contribution in [1.29, 1.82) is 0 Å². The average Bonchev–Trinajstić information content (AvgIpc) is 2.26. The third-order valence-corrected chi connectivity index (χ3v) is 4.36. The number of hydrogen-bond donors (Lipinski definition) is 2. The standard InChI is InChI=1S/C8H13BINO2/c9-7-5-3-11-2-1-8(4-10,13-7)6(5)12/h5-7,11-12H,1-4H2/t5?,6?,7-,8-/m1/s1. The van der Waals surface area contributed by atoms with Crippen molar-refractivity contribution in [3.8, 4) is 0 Å². The fraction of sp³-hybridized carbons (Fsp3) is 1.00. The second kappa shape index (κ2) is 3.68. The molecule has 0 aromatic rings. The topological polar surface area (TPSA) is 41.5 Å². The van der Waals surface area contributed by atoms with Crippen LogP contribution in [0.15, 0.2) is 0 Å². The van der Waals surface area contributed by atoms with Crippen LogP contribution in [-0.4, -0.2) is 48.2 Å². The van der Waals surface area contributed by atoms with Crippen molar-refractivity contribution in [2.75, 3.05) is 17.5 Å². The van der Waals surface area contributed by atoms with Crippen molar-refractivity contribution >= 4 is 30.4 Å². The molecule has 2 unspecified atom stereocenters. The highest BCUT2D eigenvalue weighted by Crippen LogP contribution is 2.39. The van der Waals surface area contributed by atoms with Crippen LogP contribution < -0.4 is 5.32 Å². The molecule has 2 radical (unpaired) electrons. The van der Waals surface area contributed by atoms with Gasteiger partial charge in [0.25, 0.3) is 0 Å². The fourth-order valence-corrected chi connectivity index (χ4v) is 3.19. The molecule has 2 aliphatic rings. The molecular formula is C8H13BINO2. The average molecular weight is 293 g/mol. The molecule has 2 fully saturated rings. The molecule has 72 valence electrons. The van der Waals surface area contributed by atoms with E-state index in [1.807, 2.05) is 0 Å². The maximum atomic E-state index is 10.1. The summed E-state index contributed by atoms with van der Waals surface area (Å²) in [5, 5.41) is 13.3. The molecule has 0 aromatic carbocycles. The second-order valence-corrected chi connectivity index (χ2v) is 4.61. The van der Waals surface area contributed by atoms with Crippen LogP contribution >= 0.6 is 22.6 Å². The predicted octanol–water partition coefficient (Wildman–Crippen LogP) is -0.345. The van der Waals surface area contributed by atoms with Crippen LogP contribution in [-0.2, 0) is 4.74 Å². The third-order valence-electron chi connectivity index (χ3n) is 3.07. The summed E-state index contributed by atoms with van der Waals surface area (Å²) in [5.74, 6) is 0.0530. The predicted molar refractivity (Wildman–Crippen MR) is 59.2 cm³/mol. The lowest BCUT2D eigenvalue weighted by Crippen LogP contribution is -2.43. The number of fused-ring (bicyclic) bond motifs is 2. The smallest absolute Gasteiger partial charge is 0.109 e. The summed E-state index contributed by atoms with van der Waals surface area (Å²) < 4.78 is 6.50. The Labute approximate surface area is 93.2 Å². The largest absolute Gasteiger partial charge is 0.390 e. The van der Waals surface area contributed by atoms with Gasteiger partial charge in [0.15, 0.2) is 0 Å². The minimum Gasteiger partial charge on any atom is -0.390 e. The van der Waals surface area contributed by atoms with E-state index in [1.54, 1.807) is 0 Å². The van der Waals surface area contributed by atoms with Gasteiger partial charge in [0.1, 0.15) is 13.4 Å². The Hall–Kier alpha value is 0.675. The van der Waals surface area contributed by atoms with E-state index in [4.69, 9.17) is 12.6 Å². The minimum atomic E-state index is -0.408. The molecule has 0 saturated carbocycles. The van der Waals surface area contributed by atoms with Gasteiger partial charge in [-0.05, 0) is 13.0 Å². The van der Waals surface area contributed by atoms with Gasteiger partial charge in [-0.1, -0.05) is 22.6 Å². The van der Waals surface area contributed by atoms with Gasteiger partial charge in [-0.25, -0.2) is 0 Å². The lowest BCUT2D eigenvalue weighted by Gasteiger charge is -2.29. The molecule has 2 aliphatic heterocycles. The molecule has 0 aliphatic carbocycles. The highest BCUT2D eigenvalue weighted by atomic mass is 127. The van der Waals surface area contributed by atoms with Crippen molar-refractivity contribution in [2.45, 2.75) is 24.1 Å². The number of alkyl halides is 1. The Balaban J connectivity index is 2.24. The maximum absolute atomic E-state index is 10.1. The zero-order valence-electron chi connectivity index (χ0n) is 7.37. The molecule has 2 bridgehead atoms. The Morgan fingerprint density at radius 2 is 2.46 bits per heavy atom. The SMILES string of the molecule is [B][C@@H]1O[C@@]2(CI)CCNCC1C2O. The Morgan fingerprint density at radius 1 is 1.69 bits per heavy atom. The number of ether oxygens (including phenoxy) is 1. The minimum absolute atomic E-state index is 0.0530. The first-order valence-electron chi connectivity index (χ1n) is 4.58. The zero-order chi connectivity index (χ0) is 9.47. The summed E-state index contributed by atoms with van der Waals surface area (Å²) in [7, 11) is 5.81.